The van der Waals surface area contributed by atoms with Crippen molar-refractivity contribution < 1.29 is 28.3 Å². The molecule has 1 aliphatic heterocycles. The first-order chi connectivity index (χ1) is 16.7. The fourth-order valence-electron chi connectivity index (χ4n) is 3.15. The predicted molar refractivity (Wildman–Crippen MR) is 152 cm³/mol. The molecular formula is C24H16BrI2NO6S. The van der Waals surface area contributed by atoms with Gasteiger partial charge in [0, 0.05) is 4.47 Å². The van der Waals surface area contributed by atoms with Crippen LogP contribution in [0.1, 0.15) is 27.4 Å². The number of carbonyl (C=O) groups is 3. The van der Waals surface area contributed by atoms with E-state index in [1.54, 1.807) is 6.08 Å². The number of furan rings is 1. The highest BCUT2D eigenvalue weighted by Gasteiger charge is 2.36. The normalized spacial score (nSPS) is 14.6. The van der Waals surface area contributed by atoms with Gasteiger partial charge in [-0.15, -0.1) is 0 Å². The number of hydrogen-bond donors (Lipinski definition) is 0. The molecule has 1 saturated heterocycles. The van der Waals surface area contributed by atoms with E-state index in [9.17, 15) is 14.4 Å². The lowest BCUT2D eigenvalue weighted by atomic mass is 10.2. The summed E-state index contributed by atoms with van der Waals surface area (Å²) in [5, 5.41) is -0.406. The highest BCUT2D eigenvalue weighted by molar-refractivity contribution is 14.1. The molecule has 0 bridgehead atoms. The van der Waals surface area contributed by atoms with Gasteiger partial charge in [0.2, 0.25) is 5.76 Å². The number of hydrogen-bond acceptors (Lipinski definition) is 7. The lowest BCUT2D eigenvalue weighted by Crippen LogP contribution is -2.27. The standard InChI is InChI=1S/C24H16BrI2NO6S/c1-32-23(30)19-7-6-16(34-19)11-28-22(29)20(35-24(28)31)10-14-8-17(26)21(18(27)9-14)33-12-13-2-4-15(25)5-3-13/h2-10H,11-12H2,1H3/b20-10+. The third kappa shape index (κ3) is 6.30. The van der Waals surface area contributed by atoms with Crippen molar-refractivity contribution in [3.8, 4) is 5.75 Å². The maximum Gasteiger partial charge on any atom is 0.373 e. The monoisotopic (exact) mass is 779 g/mol. The number of halogens is 3. The van der Waals surface area contributed by atoms with Crippen LogP contribution in [0.2, 0.25) is 0 Å². The molecule has 0 radical (unpaired) electrons. The molecule has 35 heavy (non-hydrogen) atoms. The highest BCUT2D eigenvalue weighted by atomic mass is 127. The molecule has 3 aromatic rings. The Bertz CT molecular complexity index is 1320. The zero-order chi connectivity index (χ0) is 25.1. The fraction of sp³-hybridized carbons (Fsp3) is 0.125. The van der Waals surface area contributed by atoms with Gasteiger partial charge in [0.15, 0.2) is 0 Å². The molecule has 4 rings (SSSR count). The molecule has 2 amide bonds. The molecule has 0 aliphatic carbocycles. The van der Waals surface area contributed by atoms with E-state index in [0.717, 1.165) is 45.2 Å². The zero-order valence-electron chi connectivity index (χ0n) is 18.0. The Balaban J connectivity index is 1.47. The Morgan fingerprint density at radius 3 is 2.46 bits per heavy atom. The van der Waals surface area contributed by atoms with Crippen LogP contribution < -0.4 is 4.74 Å². The average Bonchev–Trinajstić information content (AvgIpc) is 3.39. The molecule has 1 aromatic heterocycles. The topological polar surface area (TPSA) is 86.0 Å². The Labute approximate surface area is 241 Å². The van der Waals surface area contributed by atoms with Crippen LogP contribution in [0.5, 0.6) is 5.75 Å². The molecule has 0 N–H and O–H groups in total. The summed E-state index contributed by atoms with van der Waals surface area (Å²) in [4.78, 5) is 38.3. The number of rotatable bonds is 7. The summed E-state index contributed by atoms with van der Waals surface area (Å²) < 4.78 is 18.8. The number of esters is 1. The van der Waals surface area contributed by atoms with Crippen LogP contribution in [-0.4, -0.2) is 29.1 Å². The van der Waals surface area contributed by atoms with Gasteiger partial charge in [-0.3, -0.25) is 14.5 Å². The molecule has 11 heteroatoms. The van der Waals surface area contributed by atoms with Crippen LogP contribution in [0.4, 0.5) is 4.79 Å². The first-order valence-corrected chi connectivity index (χ1v) is 13.8. The van der Waals surface area contributed by atoms with Gasteiger partial charge in [-0.05, 0) is 111 Å². The van der Waals surface area contributed by atoms with Crippen molar-refractivity contribution in [2.45, 2.75) is 13.2 Å². The quantitative estimate of drug-likeness (QED) is 0.147. The summed E-state index contributed by atoms with van der Waals surface area (Å²) in [5.74, 6) is 0.0379. The number of nitrogens with zero attached hydrogens (tertiary/aromatic N) is 1. The van der Waals surface area contributed by atoms with E-state index < -0.39 is 17.1 Å². The van der Waals surface area contributed by atoms with E-state index in [-0.39, 0.29) is 12.3 Å². The van der Waals surface area contributed by atoms with E-state index in [1.807, 2.05) is 36.4 Å². The van der Waals surface area contributed by atoms with E-state index in [4.69, 9.17) is 9.15 Å². The smallest absolute Gasteiger partial charge is 0.373 e. The van der Waals surface area contributed by atoms with Crippen molar-refractivity contribution >= 4 is 96.1 Å². The fourth-order valence-corrected chi connectivity index (χ4v) is 6.38. The molecule has 2 aromatic carbocycles. The Hall–Kier alpha value is -1.84. The number of thioether (sulfide) groups is 1. The molecule has 180 valence electrons. The van der Waals surface area contributed by atoms with Crippen LogP contribution in [0.3, 0.4) is 0 Å². The van der Waals surface area contributed by atoms with Gasteiger partial charge in [-0.25, -0.2) is 4.79 Å². The third-order valence-corrected chi connectivity index (χ3v) is 7.89. The molecule has 2 heterocycles. The van der Waals surface area contributed by atoms with Crippen molar-refractivity contribution in [1.29, 1.82) is 0 Å². The maximum absolute atomic E-state index is 12.9. The summed E-state index contributed by atoms with van der Waals surface area (Å²) in [6.45, 7) is 0.360. The molecule has 0 unspecified atom stereocenters. The van der Waals surface area contributed by atoms with Crippen molar-refractivity contribution in [3.63, 3.8) is 0 Å². The van der Waals surface area contributed by atoms with Crippen molar-refractivity contribution in [3.05, 3.63) is 87.7 Å². The largest absolute Gasteiger partial charge is 0.487 e. The van der Waals surface area contributed by atoms with Crippen LogP contribution in [-0.2, 0) is 22.7 Å². The minimum atomic E-state index is -0.626. The van der Waals surface area contributed by atoms with Gasteiger partial charge in [0.1, 0.15) is 18.1 Å². The Morgan fingerprint density at radius 2 is 1.80 bits per heavy atom. The summed E-state index contributed by atoms with van der Waals surface area (Å²) in [7, 11) is 1.25. The lowest BCUT2D eigenvalue weighted by molar-refractivity contribution is -0.123. The Kier molecular flexibility index (Phi) is 8.60. The molecule has 0 saturated carbocycles. The minimum Gasteiger partial charge on any atom is -0.487 e. The molecule has 0 spiro atoms. The highest BCUT2D eigenvalue weighted by Crippen LogP contribution is 2.36. The summed E-state index contributed by atoms with van der Waals surface area (Å²) >= 11 is 8.69. The van der Waals surface area contributed by atoms with Crippen LogP contribution in [0, 0.1) is 7.14 Å². The van der Waals surface area contributed by atoms with Crippen LogP contribution in [0.15, 0.2) is 62.3 Å². The van der Waals surface area contributed by atoms with Gasteiger partial charge < -0.3 is 13.9 Å². The first kappa shape index (κ1) is 26.2. The SMILES string of the molecule is COC(=O)c1ccc(CN2C(=O)S/C(=C/c3cc(I)c(OCc4ccc(Br)cc4)c(I)c3)C2=O)o1. The first-order valence-electron chi connectivity index (χ1n) is 10.0. The van der Waals surface area contributed by atoms with Gasteiger partial charge in [0.05, 0.1) is 25.7 Å². The third-order valence-electron chi connectivity index (χ3n) is 4.85. The van der Waals surface area contributed by atoms with E-state index in [2.05, 4.69) is 65.8 Å². The number of amides is 2. The zero-order valence-corrected chi connectivity index (χ0v) is 24.8. The van der Waals surface area contributed by atoms with Gasteiger partial charge in [-0.1, -0.05) is 28.1 Å². The van der Waals surface area contributed by atoms with Crippen LogP contribution in [0.25, 0.3) is 6.08 Å². The van der Waals surface area contributed by atoms with Crippen molar-refractivity contribution in [2.75, 3.05) is 7.11 Å². The van der Waals surface area contributed by atoms with Crippen LogP contribution >= 0.6 is 72.9 Å². The van der Waals surface area contributed by atoms with Gasteiger partial charge in [-0.2, -0.15) is 0 Å². The summed E-state index contributed by atoms with van der Waals surface area (Å²) in [6, 6.07) is 14.7. The van der Waals surface area contributed by atoms with Crippen molar-refractivity contribution in [2.24, 2.45) is 0 Å². The lowest BCUT2D eigenvalue weighted by Gasteiger charge is -2.12. The molecule has 1 fully saturated rings. The van der Waals surface area contributed by atoms with E-state index >= 15 is 0 Å². The number of benzene rings is 2. The van der Waals surface area contributed by atoms with E-state index in [1.165, 1.54) is 19.2 Å². The van der Waals surface area contributed by atoms with Gasteiger partial charge >= 0.3 is 5.97 Å². The summed E-state index contributed by atoms with van der Waals surface area (Å²) in [5.41, 5.74) is 1.83. The van der Waals surface area contributed by atoms with Gasteiger partial charge in [0.25, 0.3) is 11.1 Å². The minimum absolute atomic E-state index is 0.0107. The molecular weight excluding hydrogens is 764 g/mol. The maximum atomic E-state index is 12.9. The second-order valence-electron chi connectivity index (χ2n) is 7.25. The number of methoxy groups -OCH3 is 1. The average molecular weight is 780 g/mol. The molecule has 7 nitrogen and oxygen atoms in total. The Morgan fingerprint density at radius 1 is 1.11 bits per heavy atom. The summed E-state index contributed by atoms with van der Waals surface area (Å²) in [6.07, 6.45) is 1.69. The van der Waals surface area contributed by atoms with E-state index in [0.29, 0.717) is 17.3 Å². The number of imide groups is 1. The number of ether oxygens (including phenoxy) is 2. The second-order valence-corrected chi connectivity index (χ2v) is 11.5. The molecule has 0 atom stereocenters. The van der Waals surface area contributed by atoms with Crippen molar-refractivity contribution in [1.82, 2.24) is 4.90 Å². The predicted octanol–water partition coefficient (Wildman–Crippen LogP) is 6.85. The second kappa shape index (κ2) is 11.5. The number of carbonyl (C=O) groups excluding carboxylic acids is 3. The molecule has 1 aliphatic rings.